The molecule has 0 unspecified atom stereocenters. The van der Waals surface area contributed by atoms with Crippen LogP contribution in [-0.2, 0) is 6.18 Å². The molecule has 3 N–H and O–H groups in total. The van der Waals surface area contributed by atoms with E-state index in [2.05, 4.69) is 10.3 Å². The van der Waals surface area contributed by atoms with Crippen molar-refractivity contribution in [2.24, 2.45) is 0 Å². The fourth-order valence-corrected chi connectivity index (χ4v) is 2.61. The molecule has 0 saturated carbocycles. The Labute approximate surface area is 146 Å². The van der Waals surface area contributed by atoms with Crippen LogP contribution in [-0.4, -0.2) is 18.0 Å². The Morgan fingerprint density at radius 2 is 1.96 bits per heavy atom. The van der Waals surface area contributed by atoms with E-state index in [1.165, 1.54) is 25.4 Å². The lowest BCUT2D eigenvalue weighted by Crippen LogP contribution is -2.15. The fraction of sp³-hybridized carbons (Fsp3) is 0.111. The maximum Gasteiger partial charge on any atom is 0.416 e. The van der Waals surface area contributed by atoms with Crippen molar-refractivity contribution in [3.63, 3.8) is 0 Å². The second-order valence-corrected chi connectivity index (χ2v) is 5.47. The Kier molecular flexibility index (Phi) is 4.41. The third-order valence-corrected chi connectivity index (χ3v) is 3.80. The summed E-state index contributed by atoms with van der Waals surface area (Å²) in [4.78, 5) is 16.6. The molecule has 0 aliphatic rings. The van der Waals surface area contributed by atoms with Crippen molar-refractivity contribution in [2.75, 3.05) is 18.2 Å². The number of alkyl halides is 3. The highest BCUT2D eigenvalue weighted by molar-refractivity contribution is 6.15. The van der Waals surface area contributed by atoms with Crippen molar-refractivity contribution < 1.29 is 22.7 Å². The molecule has 0 saturated heterocycles. The Morgan fingerprint density at radius 3 is 2.65 bits per heavy atom. The van der Waals surface area contributed by atoms with Crippen molar-refractivity contribution in [1.82, 2.24) is 4.98 Å². The maximum absolute atomic E-state index is 12.8. The van der Waals surface area contributed by atoms with E-state index in [1.54, 1.807) is 18.2 Å². The molecule has 134 valence electrons. The van der Waals surface area contributed by atoms with Crippen LogP contribution in [0.1, 0.15) is 16.1 Å². The predicted octanol–water partition coefficient (Wildman–Crippen LogP) is 4.10. The molecule has 5 nitrogen and oxygen atoms in total. The second kappa shape index (κ2) is 6.55. The Bertz CT molecular complexity index is 987. The smallest absolute Gasteiger partial charge is 0.416 e. The van der Waals surface area contributed by atoms with Gasteiger partial charge in [0, 0.05) is 28.3 Å². The normalized spacial score (nSPS) is 11.4. The van der Waals surface area contributed by atoms with Crippen LogP contribution in [0.4, 0.5) is 24.5 Å². The fourth-order valence-electron chi connectivity index (χ4n) is 2.61. The number of fused-ring (bicyclic) bond motifs is 1. The van der Waals surface area contributed by atoms with Crippen LogP contribution in [0, 0.1) is 0 Å². The van der Waals surface area contributed by atoms with E-state index in [4.69, 9.17) is 10.5 Å². The van der Waals surface area contributed by atoms with E-state index < -0.39 is 17.6 Å². The standard InChI is InChI=1S/C18H14F3N3O2/c1-26-14-6-5-13(22)15-12(14)7-8-23-16(15)17(25)24-11-4-2-3-10(9-11)18(19,20)21/h2-9H,22H2,1H3,(H,24,25). The first-order valence-electron chi connectivity index (χ1n) is 7.51. The monoisotopic (exact) mass is 361 g/mol. The van der Waals surface area contributed by atoms with Crippen molar-refractivity contribution in [1.29, 1.82) is 0 Å². The molecular formula is C18H14F3N3O2. The van der Waals surface area contributed by atoms with Crippen LogP contribution in [0.25, 0.3) is 10.8 Å². The Balaban J connectivity index is 2.02. The van der Waals surface area contributed by atoms with Crippen LogP contribution in [0.3, 0.4) is 0 Å². The van der Waals surface area contributed by atoms with Gasteiger partial charge in [-0.05, 0) is 36.4 Å². The second-order valence-electron chi connectivity index (χ2n) is 5.47. The number of carbonyl (C=O) groups is 1. The summed E-state index contributed by atoms with van der Waals surface area (Å²) < 4.78 is 43.7. The van der Waals surface area contributed by atoms with Gasteiger partial charge in [0.05, 0.1) is 12.7 Å². The summed E-state index contributed by atoms with van der Waals surface area (Å²) in [5, 5.41) is 3.38. The average Bonchev–Trinajstić information content (AvgIpc) is 2.61. The molecular weight excluding hydrogens is 347 g/mol. The largest absolute Gasteiger partial charge is 0.496 e. The molecule has 0 atom stereocenters. The summed E-state index contributed by atoms with van der Waals surface area (Å²) in [7, 11) is 1.48. The Morgan fingerprint density at radius 1 is 1.19 bits per heavy atom. The van der Waals surface area contributed by atoms with Crippen molar-refractivity contribution >= 4 is 28.1 Å². The van der Waals surface area contributed by atoms with Gasteiger partial charge in [-0.3, -0.25) is 9.78 Å². The Hall–Kier alpha value is -3.29. The summed E-state index contributed by atoms with van der Waals surface area (Å²) in [5.41, 5.74) is 5.42. The van der Waals surface area contributed by atoms with Gasteiger partial charge < -0.3 is 15.8 Å². The molecule has 0 aliphatic carbocycles. The van der Waals surface area contributed by atoms with Crippen LogP contribution >= 0.6 is 0 Å². The first kappa shape index (κ1) is 17.5. The molecule has 3 aromatic rings. The zero-order chi connectivity index (χ0) is 18.9. The van der Waals surface area contributed by atoms with Crippen LogP contribution in [0.2, 0.25) is 0 Å². The number of nitrogens with zero attached hydrogens (tertiary/aromatic N) is 1. The number of amides is 1. The van der Waals surface area contributed by atoms with Gasteiger partial charge in [-0.2, -0.15) is 13.2 Å². The molecule has 0 aliphatic heterocycles. The molecule has 0 fully saturated rings. The zero-order valence-corrected chi connectivity index (χ0v) is 13.6. The van der Waals surface area contributed by atoms with E-state index in [-0.39, 0.29) is 11.4 Å². The van der Waals surface area contributed by atoms with Gasteiger partial charge in [0.25, 0.3) is 5.91 Å². The highest BCUT2D eigenvalue weighted by Crippen LogP contribution is 2.33. The van der Waals surface area contributed by atoms with Gasteiger partial charge in [0.2, 0.25) is 0 Å². The third kappa shape index (κ3) is 3.26. The van der Waals surface area contributed by atoms with E-state index in [0.717, 1.165) is 12.1 Å². The number of halogens is 3. The van der Waals surface area contributed by atoms with Crippen LogP contribution < -0.4 is 15.8 Å². The van der Waals surface area contributed by atoms with Gasteiger partial charge in [0.15, 0.2) is 0 Å². The number of nitrogens with one attached hydrogen (secondary N) is 1. The molecule has 8 heteroatoms. The summed E-state index contributed by atoms with van der Waals surface area (Å²) in [6.07, 6.45) is -3.10. The van der Waals surface area contributed by atoms with Crippen molar-refractivity contribution in [2.45, 2.75) is 6.18 Å². The number of rotatable bonds is 3. The van der Waals surface area contributed by atoms with E-state index >= 15 is 0 Å². The summed E-state index contributed by atoms with van der Waals surface area (Å²) >= 11 is 0. The van der Waals surface area contributed by atoms with E-state index in [0.29, 0.717) is 22.2 Å². The summed E-state index contributed by atoms with van der Waals surface area (Å²) in [6, 6.07) is 9.23. The summed E-state index contributed by atoms with van der Waals surface area (Å²) in [5.74, 6) is -0.167. The lowest BCUT2D eigenvalue weighted by Gasteiger charge is -2.12. The highest BCUT2D eigenvalue weighted by Gasteiger charge is 2.30. The number of aromatic nitrogens is 1. The quantitative estimate of drug-likeness (QED) is 0.689. The predicted molar refractivity (Wildman–Crippen MR) is 92.1 cm³/mol. The number of pyridine rings is 1. The van der Waals surface area contributed by atoms with Crippen molar-refractivity contribution in [3.05, 3.63) is 59.9 Å². The lowest BCUT2D eigenvalue weighted by atomic mass is 10.1. The molecule has 1 amide bonds. The molecule has 0 radical (unpaired) electrons. The van der Waals surface area contributed by atoms with Crippen LogP contribution in [0.15, 0.2) is 48.7 Å². The third-order valence-electron chi connectivity index (χ3n) is 3.80. The first-order chi connectivity index (χ1) is 12.3. The lowest BCUT2D eigenvalue weighted by molar-refractivity contribution is -0.137. The first-order valence-corrected chi connectivity index (χ1v) is 7.51. The van der Waals surface area contributed by atoms with Gasteiger partial charge in [-0.1, -0.05) is 6.07 Å². The van der Waals surface area contributed by atoms with Gasteiger partial charge in [-0.25, -0.2) is 0 Å². The van der Waals surface area contributed by atoms with Crippen LogP contribution in [0.5, 0.6) is 5.75 Å². The topological polar surface area (TPSA) is 77.2 Å². The zero-order valence-electron chi connectivity index (χ0n) is 13.6. The molecule has 1 heterocycles. The van der Waals surface area contributed by atoms with E-state index in [9.17, 15) is 18.0 Å². The number of nitrogen functional groups attached to an aromatic ring is 1. The number of ether oxygens (including phenoxy) is 1. The number of methoxy groups -OCH3 is 1. The molecule has 3 rings (SSSR count). The van der Waals surface area contributed by atoms with Gasteiger partial charge >= 0.3 is 6.18 Å². The molecule has 1 aromatic heterocycles. The minimum atomic E-state index is -4.50. The SMILES string of the molecule is COc1ccc(N)c2c(C(=O)Nc3cccc(C(F)(F)F)c3)nccc12. The molecule has 2 aromatic carbocycles. The van der Waals surface area contributed by atoms with Crippen molar-refractivity contribution in [3.8, 4) is 5.75 Å². The number of benzene rings is 2. The maximum atomic E-state index is 12.8. The molecule has 0 bridgehead atoms. The van der Waals surface area contributed by atoms with Gasteiger partial charge in [0.1, 0.15) is 11.4 Å². The number of hydrogen-bond donors (Lipinski definition) is 2. The average molecular weight is 361 g/mol. The minimum absolute atomic E-state index is 0.00342. The molecule has 0 spiro atoms. The number of anilines is 2. The number of nitrogens with two attached hydrogens (primary N) is 1. The number of carbonyl (C=O) groups excluding carboxylic acids is 1. The summed E-state index contributed by atoms with van der Waals surface area (Å²) in [6.45, 7) is 0. The molecule has 26 heavy (non-hydrogen) atoms. The van der Waals surface area contributed by atoms with E-state index in [1.807, 2.05) is 0 Å². The minimum Gasteiger partial charge on any atom is -0.496 e. The highest BCUT2D eigenvalue weighted by atomic mass is 19.4. The van der Waals surface area contributed by atoms with Gasteiger partial charge in [-0.15, -0.1) is 0 Å². The number of hydrogen-bond acceptors (Lipinski definition) is 4.